The molecule has 4 nitrogen and oxygen atoms in total. The van der Waals surface area contributed by atoms with Crippen LogP contribution < -0.4 is 4.72 Å². The summed E-state index contributed by atoms with van der Waals surface area (Å²) in [7, 11) is -3.40. The number of ether oxygens (including phenoxy) is 1. The first-order valence-corrected chi connectivity index (χ1v) is 7.27. The van der Waals surface area contributed by atoms with E-state index in [1.54, 1.807) is 24.3 Å². The molecule has 0 aliphatic heterocycles. The molecule has 0 amide bonds. The molecule has 0 spiro atoms. The van der Waals surface area contributed by atoms with Crippen molar-refractivity contribution in [2.75, 3.05) is 17.1 Å². The van der Waals surface area contributed by atoms with Crippen LogP contribution in [0.2, 0.25) is 0 Å². The highest BCUT2D eigenvalue weighted by molar-refractivity contribution is 7.92. The van der Waals surface area contributed by atoms with Gasteiger partial charge < -0.3 is 4.74 Å². The summed E-state index contributed by atoms with van der Waals surface area (Å²) in [6, 6.07) is 6.71. The standard InChI is InChI=1S/C13H17NO3S/c1-4-12-6-5-7-13(10-12)14-18(15,16)9-8-17-11(2)3/h1,5-7,10-11,14H,8-9H2,2-3H3. The van der Waals surface area contributed by atoms with E-state index in [4.69, 9.17) is 11.2 Å². The Morgan fingerprint density at radius 2 is 2.17 bits per heavy atom. The molecule has 1 N–H and O–H groups in total. The van der Waals surface area contributed by atoms with Crippen LogP contribution in [0.5, 0.6) is 0 Å². The SMILES string of the molecule is C#Cc1cccc(NS(=O)(=O)CCOC(C)C)c1. The molecule has 1 rings (SSSR count). The average Bonchev–Trinajstić information content (AvgIpc) is 2.27. The Morgan fingerprint density at radius 3 is 2.78 bits per heavy atom. The average molecular weight is 267 g/mol. The topological polar surface area (TPSA) is 55.4 Å². The van der Waals surface area contributed by atoms with E-state index in [0.29, 0.717) is 11.3 Å². The van der Waals surface area contributed by atoms with E-state index in [9.17, 15) is 8.42 Å². The van der Waals surface area contributed by atoms with Crippen molar-refractivity contribution >= 4 is 15.7 Å². The van der Waals surface area contributed by atoms with Gasteiger partial charge in [-0.3, -0.25) is 4.72 Å². The number of hydrogen-bond acceptors (Lipinski definition) is 3. The van der Waals surface area contributed by atoms with Crippen molar-refractivity contribution in [2.45, 2.75) is 20.0 Å². The monoisotopic (exact) mass is 267 g/mol. The molecule has 5 heteroatoms. The van der Waals surface area contributed by atoms with Gasteiger partial charge in [0, 0.05) is 11.3 Å². The molecule has 0 heterocycles. The molecule has 0 aliphatic carbocycles. The minimum atomic E-state index is -3.40. The maximum Gasteiger partial charge on any atom is 0.235 e. The minimum Gasteiger partial charge on any atom is -0.378 e. The third-order valence-electron chi connectivity index (χ3n) is 2.11. The van der Waals surface area contributed by atoms with Gasteiger partial charge in [0.15, 0.2) is 0 Å². The zero-order valence-electron chi connectivity index (χ0n) is 10.5. The second-order valence-electron chi connectivity index (χ2n) is 4.07. The van der Waals surface area contributed by atoms with Crippen LogP contribution in [0.4, 0.5) is 5.69 Å². The van der Waals surface area contributed by atoms with Gasteiger partial charge in [0.1, 0.15) is 0 Å². The Labute approximate surface area is 108 Å². The minimum absolute atomic E-state index is 0.0185. The van der Waals surface area contributed by atoms with Crippen molar-refractivity contribution in [3.05, 3.63) is 29.8 Å². The first-order chi connectivity index (χ1) is 8.43. The molecular formula is C13H17NO3S. The van der Waals surface area contributed by atoms with E-state index < -0.39 is 10.0 Å². The van der Waals surface area contributed by atoms with Gasteiger partial charge in [-0.1, -0.05) is 12.0 Å². The van der Waals surface area contributed by atoms with Crippen molar-refractivity contribution in [1.29, 1.82) is 0 Å². The molecule has 0 atom stereocenters. The van der Waals surface area contributed by atoms with Crippen LogP contribution in [0, 0.1) is 12.3 Å². The van der Waals surface area contributed by atoms with Crippen molar-refractivity contribution in [2.24, 2.45) is 0 Å². The van der Waals surface area contributed by atoms with E-state index in [2.05, 4.69) is 10.6 Å². The van der Waals surface area contributed by atoms with Crippen LogP contribution >= 0.6 is 0 Å². The van der Waals surface area contributed by atoms with E-state index in [0.717, 1.165) is 0 Å². The summed E-state index contributed by atoms with van der Waals surface area (Å²) < 4.78 is 31.1. The summed E-state index contributed by atoms with van der Waals surface area (Å²) >= 11 is 0. The number of rotatable bonds is 6. The second-order valence-corrected chi connectivity index (χ2v) is 5.91. The zero-order valence-corrected chi connectivity index (χ0v) is 11.3. The highest BCUT2D eigenvalue weighted by Crippen LogP contribution is 2.11. The summed E-state index contributed by atoms with van der Waals surface area (Å²) in [5.74, 6) is 2.37. The van der Waals surface area contributed by atoms with Gasteiger partial charge in [0.2, 0.25) is 10.0 Å². The largest absolute Gasteiger partial charge is 0.378 e. The summed E-state index contributed by atoms with van der Waals surface area (Å²) in [4.78, 5) is 0. The molecule has 0 bridgehead atoms. The van der Waals surface area contributed by atoms with Gasteiger partial charge in [0.25, 0.3) is 0 Å². The Morgan fingerprint density at radius 1 is 1.44 bits per heavy atom. The molecular weight excluding hydrogens is 250 g/mol. The molecule has 98 valence electrons. The van der Waals surface area contributed by atoms with Crippen LogP contribution in [-0.4, -0.2) is 26.9 Å². The van der Waals surface area contributed by atoms with Crippen LogP contribution in [0.15, 0.2) is 24.3 Å². The van der Waals surface area contributed by atoms with E-state index in [1.807, 2.05) is 13.8 Å². The molecule has 0 saturated carbocycles. The molecule has 0 fully saturated rings. The van der Waals surface area contributed by atoms with Gasteiger partial charge in [-0.25, -0.2) is 8.42 Å². The van der Waals surface area contributed by atoms with E-state index >= 15 is 0 Å². The first kappa shape index (κ1) is 14.6. The maximum absolute atomic E-state index is 11.7. The summed E-state index contributed by atoms with van der Waals surface area (Å²) in [6.07, 6.45) is 5.27. The van der Waals surface area contributed by atoms with Crippen LogP contribution in [-0.2, 0) is 14.8 Å². The van der Waals surface area contributed by atoms with Crippen LogP contribution in [0.25, 0.3) is 0 Å². The van der Waals surface area contributed by atoms with Gasteiger partial charge in [-0.05, 0) is 32.0 Å². The predicted molar refractivity (Wildman–Crippen MR) is 72.9 cm³/mol. The zero-order chi connectivity index (χ0) is 13.6. The summed E-state index contributed by atoms with van der Waals surface area (Å²) in [6.45, 7) is 3.88. The number of terminal acetylenes is 1. The maximum atomic E-state index is 11.7. The van der Waals surface area contributed by atoms with Gasteiger partial charge in [-0.2, -0.15) is 0 Å². The molecule has 0 unspecified atom stereocenters. The fourth-order valence-electron chi connectivity index (χ4n) is 1.30. The molecule has 0 radical (unpaired) electrons. The third-order valence-corrected chi connectivity index (χ3v) is 3.36. The third kappa shape index (κ3) is 5.21. The molecule has 18 heavy (non-hydrogen) atoms. The molecule has 1 aromatic carbocycles. The highest BCUT2D eigenvalue weighted by Gasteiger charge is 2.10. The summed E-state index contributed by atoms with van der Waals surface area (Å²) in [5.41, 5.74) is 1.10. The van der Waals surface area contributed by atoms with Crippen molar-refractivity contribution in [1.82, 2.24) is 0 Å². The van der Waals surface area contributed by atoms with Crippen molar-refractivity contribution in [3.8, 4) is 12.3 Å². The van der Waals surface area contributed by atoms with Gasteiger partial charge >= 0.3 is 0 Å². The predicted octanol–water partition coefficient (Wildman–Crippen LogP) is 1.83. The number of anilines is 1. The fraction of sp³-hybridized carbons (Fsp3) is 0.385. The second kappa shape index (κ2) is 6.43. The van der Waals surface area contributed by atoms with Crippen LogP contribution in [0.3, 0.4) is 0 Å². The fourth-order valence-corrected chi connectivity index (χ4v) is 2.20. The van der Waals surface area contributed by atoms with Gasteiger partial charge in [0.05, 0.1) is 18.5 Å². The highest BCUT2D eigenvalue weighted by atomic mass is 32.2. The molecule has 1 aromatic rings. The van der Waals surface area contributed by atoms with E-state index in [1.165, 1.54) is 0 Å². The van der Waals surface area contributed by atoms with E-state index in [-0.39, 0.29) is 18.5 Å². The number of sulfonamides is 1. The molecule has 0 aromatic heterocycles. The quantitative estimate of drug-likeness (QED) is 0.800. The lowest BCUT2D eigenvalue weighted by Gasteiger charge is -2.10. The summed E-state index contributed by atoms with van der Waals surface area (Å²) in [5, 5.41) is 0. The Hall–Kier alpha value is -1.51. The number of nitrogens with one attached hydrogen (secondary N) is 1. The van der Waals surface area contributed by atoms with Crippen LogP contribution in [0.1, 0.15) is 19.4 Å². The lowest BCUT2D eigenvalue weighted by Crippen LogP contribution is -2.21. The Balaban J connectivity index is 2.62. The first-order valence-electron chi connectivity index (χ1n) is 5.62. The Kier molecular flexibility index (Phi) is 5.20. The normalized spacial score (nSPS) is 11.2. The number of hydrogen-bond donors (Lipinski definition) is 1. The van der Waals surface area contributed by atoms with Crippen molar-refractivity contribution < 1.29 is 13.2 Å². The molecule has 0 aliphatic rings. The smallest absolute Gasteiger partial charge is 0.235 e. The van der Waals surface area contributed by atoms with Gasteiger partial charge in [-0.15, -0.1) is 6.42 Å². The number of benzene rings is 1. The lowest BCUT2D eigenvalue weighted by molar-refractivity contribution is 0.0913. The lowest BCUT2D eigenvalue weighted by atomic mass is 10.2. The van der Waals surface area contributed by atoms with Crippen molar-refractivity contribution in [3.63, 3.8) is 0 Å². The molecule has 0 saturated heterocycles. The Bertz CT molecular complexity index is 529.